The van der Waals surface area contributed by atoms with Crippen LogP contribution in [0.4, 0.5) is 4.79 Å². The Kier molecular flexibility index (Phi) is 21.1. The lowest BCUT2D eigenvalue weighted by Gasteiger charge is -2.47. The first-order valence-electron chi connectivity index (χ1n) is 21.0. The average Bonchev–Trinajstić information content (AvgIpc) is 3.03. The fourth-order valence-electron chi connectivity index (χ4n) is 5.31. The fourth-order valence-corrected chi connectivity index (χ4v) is 9.03. The summed E-state index contributed by atoms with van der Waals surface area (Å²) in [6.07, 6.45) is 17.2. The minimum Gasteiger partial charge on any atom is -0.445 e. The summed E-state index contributed by atoms with van der Waals surface area (Å²) in [7, 11) is -6.81. The van der Waals surface area contributed by atoms with Crippen LogP contribution in [0, 0.1) is 0 Å². The summed E-state index contributed by atoms with van der Waals surface area (Å²) in [6.45, 7) is 37.0. The molecule has 3 atom stereocenters. The van der Waals surface area contributed by atoms with Gasteiger partial charge in [0.15, 0.2) is 25.0 Å². The minimum absolute atomic E-state index is 0.00219. The van der Waals surface area contributed by atoms with Gasteiger partial charge in [0.1, 0.15) is 6.61 Å². The van der Waals surface area contributed by atoms with Gasteiger partial charge in [-0.15, -0.1) is 0 Å². The highest BCUT2D eigenvalue weighted by Crippen LogP contribution is 2.42. The van der Waals surface area contributed by atoms with Crippen molar-refractivity contribution in [2.45, 2.75) is 219 Å². The fraction of sp³-hybridized carbons (Fsp3) is 0.795. The predicted octanol–water partition coefficient (Wildman–Crippen LogP) is 14.0. The van der Waals surface area contributed by atoms with Crippen LogP contribution in [0.25, 0.3) is 0 Å². The lowest BCUT2D eigenvalue weighted by molar-refractivity contribution is 0.000377. The maximum atomic E-state index is 13.7. The van der Waals surface area contributed by atoms with Gasteiger partial charge in [-0.3, -0.25) is 0 Å². The molecule has 6 nitrogen and oxygen atoms in total. The van der Waals surface area contributed by atoms with Crippen molar-refractivity contribution in [2.75, 3.05) is 6.61 Å². The van der Waals surface area contributed by atoms with Gasteiger partial charge >= 0.3 is 6.09 Å². The highest BCUT2D eigenvalue weighted by Gasteiger charge is 2.48. The smallest absolute Gasteiger partial charge is 0.407 e. The van der Waals surface area contributed by atoms with E-state index in [1.54, 1.807) is 0 Å². The third kappa shape index (κ3) is 18.5. The number of benzene rings is 1. The summed E-state index contributed by atoms with van der Waals surface area (Å²) < 4.78 is 27.5. The third-order valence-electron chi connectivity index (χ3n) is 12.2. The van der Waals surface area contributed by atoms with Crippen molar-refractivity contribution in [3.63, 3.8) is 0 Å². The van der Waals surface area contributed by atoms with Crippen molar-refractivity contribution >= 4 is 31.0 Å². The van der Waals surface area contributed by atoms with Crippen molar-refractivity contribution in [3.8, 4) is 0 Å². The molecule has 0 bridgehead atoms. The van der Waals surface area contributed by atoms with Crippen LogP contribution in [0.1, 0.15) is 145 Å². The number of ether oxygens (including phenoxy) is 1. The molecule has 1 amide bonds. The molecular formula is C44H85NO5Si3. The molecule has 0 aliphatic carbocycles. The Morgan fingerprint density at radius 1 is 0.679 bits per heavy atom. The summed E-state index contributed by atoms with van der Waals surface area (Å²) in [5.41, 5.74) is 0.946. The molecule has 0 fully saturated rings. The molecule has 0 heterocycles. The predicted molar refractivity (Wildman–Crippen MR) is 236 cm³/mol. The van der Waals surface area contributed by atoms with Crippen LogP contribution in [0.3, 0.4) is 0 Å². The van der Waals surface area contributed by atoms with Gasteiger partial charge in [0.05, 0.1) is 24.9 Å². The lowest BCUT2D eigenvalue weighted by atomic mass is 10.0. The first-order valence-corrected chi connectivity index (χ1v) is 29.7. The van der Waals surface area contributed by atoms with Crippen molar-refractivity contribution < 1.29 is 22.8 Å². The monoisotopic (exact) mass is 792 g/mol. The zero-order chi connectivity index (χ0) is 40.6. The second-order valence-electron chi connectivity index (χ2n) is 20.0. The van der Waals surface area contributed by atoms with E-state index in [1.165, 1.54) is 57.8 Å². The van der Waals surface area contributed by atoms with Crippen LogP contribution in [0.2, 0.25) is 54.4 Å². The number of rotatable bonds is 24. The van der Waals surface area contributed by atoms with Crippen LogP contribution < -0.4 is 5.32 Å². The standard InChI is InChI=1S/C44H85NO5Si3/c1-17-18-19-20-21-22-23-24-25-26-27-31-34-39(49-52(13,14)43(5,6)7)40(50-53(15,16)44(8,9)10)38(36-48-51(11,12)42(2,3)4)45-41(46)47-35-37-32-29-28-30-33-37/h27-33,38-40H,17-26,34-36H2,1-16H3,(H,45,46)/b31-27+/t38-,39-,40+/m0/s1. The maximum Gasteiger partial charge on any atom is 0.407 e. The first kappa shape index (κ1) is 49.8. The normalized spacial score (nSPS) is 15.4. The van der Waals surface area contributed by atoms with Crippen LogP contribution in [0.5, 0.6) is 0 Å². The number of unbranched alkanes of at least 4 members (excludes halogenated alkanes) is 9. The third-order valence-corrected chi connectivity index (χ3v) is 25.7. The zero-order valence-corrected chi connectivity index (χ0v) is 40.5. The number of hydrogen-bond acceptors (Lipinski definition) is 5. The lowest BCUT2D eigenvalue weighted by Crippen LogP contribution is -2.60. The van der Waals surface area contributed by atoms with Crippen molar-refractivity contribution in [1.82, 2.24) is 5.32 Å². The van der Waals surface area contributed by atoms with Gasteiger partial charge in [-0.1, -0.05) is 163 Å². The number of allylic oxidation sites excluding steroid dienone is 1. The second-order valence-corrected chi connectivity index (χ2v) is 34.3. The van der Waals surface area contributed by atoms with E-state index in [9.17, 15) is 4.79 Å². The van der Waals surface area contributed by atoms with Crippen LogP contribution in [-0.4, -0.2) is 55.9 Å². The number of hydrogen-bond donors (Lipinski definition) is 1. The molecule has 0 spiro atoms. The quantitative estimate of drug-likeness (QED) is 0.0642. The largest absolute Gasteiger partial charge is 0.445 e. The van der Waals surface area contributed by atoms with Crippen molar-refractivity contribution in [1.29, 1.82) is 0 Å². The minimum atomic E-state index is -2.36. The number of alkyl carbamates (subject to hydrolysis) is 1. The Balaban J connectivity index is 3.50. The number of nitrogens with one attached hydrogen (secondary N) is 1. The molecule has 0 saturated heterocycles. The molecule has 0 aliphatic rings. The Labute approximate surface area is 331 Å². The summed E-state index contributed by atoms with van der Waals surface area (Å²) in [5, 5.41) is 3.25. The van der Waals surface area contributed by atoms with E-state index in [4.69, 9.17) is 18.0 Å². The van der Waals surface area contributed by atoms with E-state index in [2.05, 4.69) is 126 Å². The summed E-state index contributed by atoms with van der Waals surface area (Å²) in [5.74, 6) is 0. The van der Waals surface area contributed by atoms with Crippen LogP contribution in [-0.2, 0) is 24.6 Å². The number of carbonyl (C=O) groups excluding carboxylic acids is 1. The van der Waals surface area contributed by atoms with Gasteiger partial charge < -0.3 is 23.3 Å². The molecule has 308 valence electrons. The van der Waals surface area contributed by atoms with Gasteiger partial charge in [-0.25, -0.2) is 4.79 Å². The summed E-state index contributed by atoms with van der Waals surface area (Å²) in [6, 6.07) is 9.36. The van der Waals surface area contributed by atoms with Gasteiger partial charge in [-0.2, -0.15) is 0 Å². The van der Waals surface area contributed by atoms with E-state index in [-0.39, 0.29) is 27.8 Å². The highest BCUT2D eigenvalue weighted by atomic mass is 28.4. The van der Waals surface area contributed by atoms with Gasteiger partial charge in [0.2, 0.25) is 0 Å². The SMILES string of the molecule is CCCCCCCCCCC/C=C/C[C@H](O[Si](C)(C)C(C)(C)C)[C@H](O[Si](C)(C)C(C)(C)C)[C@H](CO[Si](C)(C)C(C)(C)C)NC(=O)OCc1ccccc1. The van der Waals surface area contributed by atoms with Gasteiger partial charge in [0, 0.05) is 0 Å². The molecule has 0 radical (unpaired) electrons. The summed E-state index contributed by atoms with van der Waals surface area (Å²) >= 11 is 0. The molecular weight excluding hydrogens is 707 g/mol. The molecule has 0 saturated carbocycles. The molecule has 1 N–H and O–H groups in total. The van der Waals surface area contributed by atoms with Crippen molar-refractivity contribution in [2.24, 2.45) is 0 Å². The Morgan fingerprint density at radius 2 is 1.17 bits per heavy atom. The zero-order valence-electron chi connectivity index (χ0n) is 37.5. The van der Waals surface area contributed by atoms with E-state index in [1.807, 2.05) is 30.3 Å². The Morgan fingerprint density at radius 3 is 1.68 bits per heavy atom. The Bertz CT molecular complexity index is 1180. The Hall–Kier alpha value is -1.24. The molecule has 1 rings (SSSR count). The maximum absolute atomic E-state index is 13.7. The van der Waals surface area contributed by atoms with Crippen molar-refractivity contribution in [3.05, 3.63) is 48.0 Å². The van der Waals surface area contributed by atoms with Crippen LogP contribution in [0.15, 0.2) is 42.5 Å². The van der Waals surface area contributed by atoms with E-state index < -0.39 is 43.2 Å². The number of carbonyl (C=O) groups is 1. The average molecular weight is 792 g/mol. The van der Waals surface area contributed by atoms with Gasteiger partial charge in [-0.05, 0) is 79.2 Å². The molecule has 9 heteroatoms. The molecule has 0 aliphatic heterocycles. The second kappa shape index (κ2) is 22.5. The number of amides is 1. The molecule has 53 heavy (non-hydrogen) atoms. The molecule has 1 aromatic rings. The van der Waals surface area contributed by atoms with E-state index >= 15 is 0 Å². The summed E-state index contributed by atoms with van der Waals surface area (Å²) in [4.78, 5) is 13.7. The van der Waals surface area contributed by atoms with E-state index in [0.717, 1.165) is 12.0 Å². The molecule has 0 aromatic heterocycles. The molecule has 1 aromatic carbocycles. The topological polar surface area (TPSA) is 66.0 Å². The molecule has 0 unspecified atom stereocenters. The first-order chi connectivity index (χ1) is 24.3. The van der Waals surface area contributed by atoms with Gasteiger partial charge in [0.25, 0.3) is 0 Å². The highest BCUT2D eigenvalue weighted by molar-refractivity contribution is 6.75. The van der Waals surface area contributed by atoms with Crippen LogP contribution >= 0.6 is 0 Å². The van der Waals surface area contributed by atoms with E-state index in [0.29, 0.717) is 13.0 Å².